The summed E-state index contributed by atoms with van der Waals surface area (Å²) in [6, 6.07) is 20.1. The van der Waals surface area contributed by atoms with Gasteiger partial charge in [0, 0.05) is 19.4 Å². The van der Waals surface area contributed by atoms with Gasteiger partial charge in [0.25, 0.3) is 15.9 Å². The van der Waals surface area contributed by atoms with Crippen LogP contribution in [0.25, 0.3) is 0 Å². The van der Waals surface area contributed by atoms with Crippen LogP contribution in [-0.4, -0.2) is 14.3 Å². The molecule has 0 radical (unpaired) electrons. The Labute approximate surface area is 179 Å². The lowest BCUT2D eigenvalue weighted by atomic mass is 10.2. The highest BCUT2D eigenvalue weighted by atomic mass is 127. The van der Waals surface area contributed by atoms with Crippen LogP contribution in [0.5, 0.6) is 0 Å². The lowest BCUT2D eigenvalue weighted by molar-refractivity contribution is 0.102. The molecule has 3 aromatic carbocycles. The Morgan fingerprint density at radius 1 is 0.852 bits per heavy atom. The van der Waals surface area contributed by atoms with E-state index in [-0.39, 0.29) is 10.8 Å². The molecule has 0 saturated carbocycles. The molecule has 1 amide bonds. The highest BCUT2D eigenvalue weighted by molar-refractivity contribution is 14.1. The molecular weight excluding hydrogens is 543 g/mol. The van der Waals surface area contributed by atoms with Gasteiger partial charge in [-0.25, -0.2) is 8.42 Å². The molecule has 2 N–H and O–H groups in total. The minimum absolute atomic E-state index is 0.109. The minimum Gasteiger partial charge on any atom is -0.322 e. The van der Waals surface area contributed by atoms with Crippen LogP contribution in [-0.2, 0) is 10.0 Å². The second-order valence-corrected chi connectivity index (χ2v) is 9.33. The number of halogens is 2. The maximum absolute atomic E-state index is 12.5. The predicted octanol–water partition coefficient (Wildman–Crippen LogP) is 5.11. The molecule has 0 spiro atoms. The van der Waals surface area contributed by atoms with Gasteiger partial charge in [0.2, 0.25) is 0 Å². The van der Waals surface area contributed by atoms with Crippen molar-refractivity contribution in [1.82, 2.24) is 0 Å². The van der Waals surface area contributed by atoms with Gasteiger partial charge >= 0.3 is 0 Å². The fourth-order valence-electron chi connectivity index (χ4n) is 2.29. The zero-order valence-corrected chi connectivity index (χ0v) is 18.4. The number of nitrogens with one attached hydrogen (secondary N) is 2. The van der Waals surface area contributed by atoms with Crippen LogP contribution in [0.4, 0.5) is 11.4 Å². The topological polar surface area (TPSA) is 75.3 Å². The van der Waals surface area contributed by atoms with Gasteiger partial charge in [0.1, 0.15) is 0 Å². The summed E-state index contributed by atoms with van der Waals surface area (Å²) in [5.41, 5.74) is 1.54. The van der Waals surface area contributed by atoms with E-state index in [0.29, 0.717) is 16.9 Å². The molecule has 0 bridgehead atoms. The first-order chi connectivity index (χ1) is 12.8. The predicted molar refractivity (Wildman–Crippen MR) is 119 cm³/mol. The zero-order valence-electron chi connectivity index (χ0n) is 13.8. The van der Waals surface area contributed by atoms with Gasteiger partial charge in [-0.2, -0.15) is 0 Å². The van der Waals surface area contributed by atoms with Crippen LogP contribution in [0.3, 0.4) is 0 Å². The number of carbonyl (C=O) groups excluding carboxylic acids is 1. The van der Waals surface area contributed by atoms with Crippen molar-refractivity contribution in [2.75, 3.05) is 10.0 Å². The highest BCUT2D eigenvalue weighted by Crippen LogP contribution is 2.21. The number of rotatable bonds is 5. The fourth-order valence-corrected chi connectivity index (χ4v) is 4.25. The molecule has 27 heavy (non-hydrogen) atoms. The van der Waals surface area contributed by atoms with Crippen molar-refractivity contribution in [3.8, 4) is 0 Å². The first-order valence-corrected chi connectivity index (χ1v) is 11.1. The number of hydrogen-bond acceptors (Lipinski definition) is 3. The molecule has 0 saturated heterocycles. The Balaban J connectivity index is 1.73. The maximum Gasteiger partial charge on any atom is 0.261 e. The molecule has 5 nitrogen and oxygen atoms in total. The van der Waals surface area contributed by atoms with Crippen LogP contribution in [0.2, 0.25) is 0 Å². The van der Waals surface area contributed by atoms with Crippen LogP contribution in [0, 0.1) is 3.57 Å². The highest BCUT2D eigenvalue weighted by Gasteiger charge is 2.15. The maximum atomic E-state index is 12.5. The quantitative estimate of drug-likeness (QED) is 0.429. The van der Waals surface area contributed by atoms with Gasteiger partial charge < -0.3 is 5.32 Å². The third kappa shape index (κ3) is 5.08. The number of sulfonamides is 1. The third-order valence-electron chi connectivity index (χ3n) is 3.64. The van der Waals surface area contributed by atoms with E-state index in [0.717, 1.165) is 8.04 Å². The Kier molecular flexibility index (Phi) is 6.18. The first-order valence-electron chi connectivity index (χ1n) is 7.79. The standard InChI is InChI=1S/C19H14BrIN2O3S/c20-13-5-7-15(8-6-13)23-27(25,26)16-11-9-14(10-12-16)22-19(24)17-3-1-2-4-18(17)21/h1-12,23H,(H,22,24). The summed E-state index contributed by atoms with van der Waals surface area (Å²) in [4.78, 5) is 12.4. The molecule has 0 unspecified atom stereocenters. The van der Waals surface area contributed by atoms with Crippen LogP contribution < -0.4 is 10.0 Å². The molecule has 3 aromatic rings. The average molecular weight is 557 g/mol. The smallest absolute Gasteiger partial charge is 0.261 e. The van der Waals surface area contributed by atoms with Crippen LogP contribution in [0.1, 0.15) is 10.4 Å². The number of amides is 1. The number of hydrogen-bond donors (Lipinski definition) is 2. The summed E-state index contributed by atoms with van der Waals surface area (Å²) in [5, 5.41) is 2.77. The molecule has 0 heterocycles. The van der Waals surface area contributed by atoms with Crippen molar-refractivity contribution in [2.24, 2.45) is 0 Å². The third-order valence-corrected chi connectivity index (χ3v) is 6.50. The van der Waals surface area contributed by atoms with Crippen molar-refractivity contribution in [1.29, 1.82) is 0 Å². The number of carbonyl (C=O) groups is 1. The van der Waals surface area contributed by atoms with Gasteiger partial charge in [-0.15, -0.1) is 0 Å². The lowest BCUT2D eigenvalue weighted by Crippen LogP contribution is -2.14. The van der Waals surface area contributed by atoms with Crippen LogP contribution in [0.15, 0.2) is 82.2 Å². The molecule has 8 heteroatoms. The molecule has 0 atom stereocenters. The summed E-state index contributed by atoms with van der Waals surface area (Å²) in [6.07, 6.45) is 0. The first kappa shape index (κ1) is 19.8. The van der Waals surface area contributed by atoms with E-state index in [2.05, 4.69) is 48.6 Å². The molecule has 3 rings (SSSR count). The van der Waals surface area contributed by atoms with E-state index in [1.165, 1.54) is 12.1 Å². The Bertz CT molecular complexity index is 1070. The van der Waals surface area contributed by atoms with Gasteiger partial charge in [-0.1, -0.05) is 28.1 Å². The Hall–Kier alpha value is -1.91. The molecule has 0 aromatic heterocycles. The zero-order chi connectivity index (χ0) is 19.4. The monoisotopic (exact) mass is 556 g/mol. The molecular formula is C19H14BrIN2O3S. The summed E-state index contributed by atoms with van der Waals surface area (Å²) < 4.78 is 29.2. The minimum atomic E-state index is -3.71. The molecule has 138 valence electrons. The summed E-state index contributed by atoms with van der Waals surface area (Å²) in [7, 11) is -3.71. The normalized spacial score (nSPS) is 11.0. The average Bonchev–Trinajstić information content (AvgIpc) is 2.64. The van der Waals surface area contributed by atoms with Crippen molar-refractivity contribution in [2.45, 2.75) is 4.90 Å². The van der Waals surface area contributed by atoms with Gasteiger partial charge in [0.15, 0.2) is 0 Å². The SMILES string of the molecule is O=C(Nc1ccc(S(=O)(=O)Nc2ccc(Br)cc2)cc1)c1ccccc1I. The second-order valence-electron chi connectivity index (χ2n) is 5.57. The molecule has 0 aliphatic heterocycles. The lowest BCUT2D eigenvalue weighted by Gasteiger charge is -2.10. The van der Waals surface area contributed by atoms with Crippen molar-refractivity contribution < 1.29 is 13.2 Å². The van der Waals surface area contributed by atoms with E-state index in [1.54, 1.807) is 48.5 Å². The van der Waals surface area contributed by atoms with Crippen molar-refractivity contribution in [3.63, 3.8) is 0 Å². The van der Waals surface area contributed by atoms with Crippen molar-refractivity contribution in [3.05, 3.63) is 86.4 Å². The molecule has 0 aliphatic rings. The van der Waals surface area contributed by atoms with E-state index in [4.69, 9.17) is 0 Å². The van der Waals surface area contributed by atoms with Gasteiger partial charge in [0.05, 0.1) is 10.5 Å². The molecule has 0 aliphatic carbocycles. The van der Waals surface area contributed by atoms with Gasteiger partial charge in [-0.3, -0.25) is 9.52 Å². The van der Waals surface area contributed by atoms with Crippen LogP contribution >= 0.6 is 38.5 Å². The summed E-state index contributed by atoms with van der Waals surface area (Å²) >= 11 is 5.40. The largest absolute Gasteiger partial charge is 0.322 e. The van der Waals surface area contributed by atoms with Gasteiger partial charge in [-0.05, 0) is 83.3 Å². The molecule has 0 fully saturated rings. The Morgan fingerprint density at radius 2 is 1.44 bits per heavy atom. The Morgan fingerprint density at radius 3 is 2.07 bits per heavy atom. The van der Waals surface area contributed by atoms with E-state index in [1.807, 2.05) is 12.1 Å². The van der Waals surface area contributed by atoms with E-state index >= 15 is 0 Å². The number of anilines is 2. The van der Waals surface area contributed by atoms with E-state index < -0.39 is 10.0 Å². The van der Waals surface area contributed by atoms with E-state index in [9.17, 15) is 13.2 Å². The fraction of sp³-hybridized carbons (Fsp3) is 0. The van der Waals surface area contributed by atoms with Crippen molar-refractivity contribution >= 4 is 65.8 Å². The summed E-state index contributed by atoms with van der Waals surface area (Å²) in [6.45, 7) is 0. The second kappa shape index (κ2) is 8.41. The number of benzene rings is 3. The summed E-state index contributed by atoms with van der Waals surface area (Å²) in [5.74, 6) is -0.247.